The Balaban J connectivity index is 1.78. The summed E-state index contributed by atoms with van der Waals surface area (Å²) in [5.41, 5.74) is 2.47. The van der Waals surface area contributed by atoms with Crippen LogP contribution in [0.2, 0.25) is 0 Å². The second-order valence-corrected chi connectivity index (χ2v) is 5.90. The minimum Gasteiger partial charge on any atom is -0.335 e. The van der Waals surface area contributed by atoms with E-state index in [4.69, 9.17) is 0 Å². The van der Waals surface area contributed by atoms with Crippen molar-refractivity contribution in [2.75, 3.05) is 6.54 Å². The normalized spacial score (nSPS) is 18.0. The summed E-state index contributed by atoms with van der Waals surface area (Å²) < 4.78 is 15.0. The van der Waals surface area contributed by atoms with E-state index in [1.54, 1.807) is 23.0 Å². The summed E-state index contributed by atoms with van der Waals surface area (Å²) in [7, 11) is 1.83. The summed E-state index contributed by atoms with van der Waals surface area (Å²) in [5, 5.41) is 4.15. The summed E-state index contributed by atoms with van der Waals surface area (Å²) in [5.74, 6) is -0.194. The third kappa shape index (κ3) is 2.75. The number of hydrogen-bond donors (Lipinski definition) is 0. The number of hydrogen-bond acceptors (Lipinski definition) is 2. The number of aromatic nitrogens is 2. The van der Waals surface area contributed by atoms with E-state index in [-0.39, 0.29) is 17.8 Å². The number of amides is 1. The fourth-order valence-corrected chi connectivity index (χ4v) is 3.11. The molecule has 1 amide bonds. The minimum absolute atomic E-state index is 0.0319. The van der Waals surface area contributed by atoms with E-state index in [2.05, 4.69) is 5.10 Å². The van der Waals surface area contributed by atoms with Crippen molar-refractivity contribution >= 4 is 5.91 Å². The van der Waals surface area contributed by atoms with Gasteiger partial charge in [-0.1, -0.05) is 12.1 Å². The molecule has 0 saturated carbocycles. The molecule has 0 N–H and O–H groups in total. The molecule has 0 bridgehead atoms. The molecule has 2 heterocycles. The molecule has 1 saturated heterocycles. The summed E-state index contributed by atoms with van der Waals surface area (Å²) >= 11 is 0. The van der Waals surface area contributed by atoms with E-state index in [9.17, 15) is 9.18 Å². The average molecular weight is 301 g/mol. The van der Waals surface area contributed by atoms with E-state index in [0.29, 0.717) is 12.0 Å². The second-order valence-electron chi connectivity index (χ2n) is 5.90. The number of likely N-dealkylation sites (tertiary alicyclic amines) is 1. The summed E-state index contributed by atoms with van der Waals surface area (Å²) in [6.45, 7) is 2.66. The quantitative estimate of drug-likeness (QED) is 0.874. The molecule has 1 fully saturated rings. The molecule has 0 aliphatic carbocycles. The van der Waals surface area contributed by atoms with Crippen molar-refractivity contribution in [1.82, 2.24) is 14.7 Å². The van der Waals surface area contributed by atoms with Gasteiger partial charge in [0.25, 0.3) is 5.91 Å². The number of carbonyl (C=O) groups excluding carboxylic acids is 1. The van der Waals surface area contributed by atoms with Crippen molar-refractivity contribution in [3.63, 3.8) is 0 Å². The van der Waals surface area contributed by atoms with E-state index in [1.165, 1.54) is 6.07 Å². The average Bonchev–Trinajstić information content (AvgIpc) is 3.07. The van der Waals surface area contributed by atoms with Gasteiger partial charge in [0.1, 0.15) is 5.82 Å². The van der Waals surface area contributed by atoms with Gasteiger partial charge in [-0.05, 0) is 43.9 Å². The molecule has 2 aromatic rings. The van der Waals surface area contributed by atoms with Crippen LogP contribution in [-0.4, -0.2) is 33.2 Å². The first-order chi connectivity index (χ1) is 10.6. The third-order valence-corrected chi connectivity index (χ3v) is 4.46. The number of benzene rings is 1. The highest BCUT2D eigenvalue weighted by Crippen LogP contribution is 2.24. The van der Waals surface area contributed by atoms with E-state index < -0.39 is 0 Å². The van der Waals surface area contributed by atoms with Crippen LogP contribution in [0.4, 0.5) is 4.39 Å². The van der Waals surface area contributed by atoms with E-state index >= 15 is 0 Å². The van der Waals surface area contributed by atoms with Crippen LogP contribution >= 0.6 is 0 Å². The van der Waals surface area contributed by atoms with Crippen molar-refractivity contribution in [2.24, 2.45) is 7.05 Å². The number of halogens is 1. The molecule has 1 aliphatic heterocycles. The maximum Gasteiger partial charge on any atom is 0.257 e. The lowest BCUT2D eigenvalue weighted by molar-refractivity contribution is 0.0735. The predicted molar refractivity (Wildman–Crippen MR) is 82.1 cm³/mol. The first kappa shape index (κ1) is 14.8. The van der Waals surface area contributed by atoms with Gasteiger partial charge in [-0.15, -0.1) is 0 Å². The van der Waals surface area contributed by atoms with Gasteiger partial charge in [-0.25, -0.2) is 4.39 Å². The molecule has 116 valence electrons. The molecule has 1 aliphatic rings. The van der Waals surface area contributed by atoms with Crippen LogP contribution in [0.25, 0.3) is 0 Å². The van der Waals surface area contributed by atoms with Crippen LogP contribution in [0, 0.1) is 12.7 Å². The number of aryl methyl sites for hydroxylation is 1. The van der Waals surface area contributed by atoms with Gasteiger partial charge in [0.2, 0.25) is 0 Å². The lowest BCUT2D eigenvalue weighted by atomic mass is 10.0. The Morgan fingerprint density at radius 1 is 1.45 bits per heavy atom. The van der Waals surface area contributed by atoms with Crippen molar-refractivity contribution in [3.05, 3.63) is 53.1 Å². The molecule has 1 atom stereocenters. The van der Waals surface area contributed by atoms with Gasteiger partial charge in [-0.3, -0.25) is 9.48 Å². The summed E-state index contributed by atoms with van der Waals surface area (Å²) in [4.78, 5) is 14.7. The Morgan fingerprint density at radius 2 is 2.27 bits per heavy atom. The van der Waals surface area contributed by atoms with Gasteiger partial charge >= 0.3 is 0 Å². The Bertz CT molecular complexity index is 695. The molecule has 22 heavy (non-hydrogen) atoms. The molecule has 0 radical (unpaired) electrons. The van der Waals surface area contributed by atoms with Gasteiger partial charge in [-0.2, -0.15) is 5.10 Å². The fraction of sp³-hybridized carbons (Fsp3) is 0.412. The van der Waals surface area contributed by atoms with Crippen molar-refractivity contribution in [2.45, 2.75) is 32.2 Å². The molecule has 1 unspecified atom stereocenters. The number of rotatable bonds is 3. The standard InChI is InChI=1S/C17H20FN3O/c1-12-16(11-19-20(12)2)17(22)21-8-4-7-15(21)10-13-5-3-6-14(18)9-13/h3,5-6,9,11,15H,4,7-8,10H2,1-2H3. The van der Waals surface area contributed by atoms with Crippen LogP contribution in [0.1, 0.15) is 34.5 Å². The van der Waals surface area contributed by atoms with E-state index in [0.717, 1.165) is 30.6 Å². The highest BCUT2D eigenvalue weighted by Gasteiger charge is 2.31. The molecular weight excluding hydrogens is 281 g/mol. The van der Waals surface area contributed by atoms with Crippen molar-refractivity contribution < 1.29 is 9.18 Å². The zero-order valence-electron chi connectivity index (χ0n) is 12.9. The van der Waals surface area contributed by atoms with E-state index in [1.807, 2.05) is 24.9 Å². The SMILES string of the molecule is Cc1c(C(=O)N2CCCC2Cc2cccc(F)c2)cnn1C. The minimum atomic E-state index is -0.225. The Kier molecular flexibility index (Phi) is 3.96. The highest BCUT2D eigenvalue weighted by molar-refractivity contribution is 5.95. The Hall–Kier alpha value is -2.17. The monoisotopic (exact) mass is 301 g/mol. The summed E-state index contributed by atoms with van der Waals surface area (Å²) in [6.07, 6.45) is 4.28. The van der Waals surface area contributed by atoms with Crippen LogP contribution in [0.5, 0.6) is 0 Å². The predicted octanol–water partition coefficient (Wildman–Crippen LogP) is 2.71. The lowest BCUT2D eigenvalue weighted by Crippen LogP contribution is -2.37. The number of carbonyl (C=O) groups is 1. The van der Waals surface area contributed by atoms with Crippen molar-refractivity contribution in [3.8, 4) is 0 Å². The van der Waals surface area contributed by atoms with Gasteiger partial charge in [0.15, 0.2) is 0 Å². The molecule has 1 aromatic carbocycles. The topological polar surface area (TPSA) is 38.1 Å². The smallest absolute Gasteiger partial charge is 0.257 e. The van der Waals surface area contributed by atoms with Crippen LogP contribution < -0.4 is 0 Å². The number of nitrogens with zero attached hydrogens (tertiary/aromatic N) is 3. The fourth-order valence-electron chi connectivity index (χ4n) is 3.11. The van der Waals surface area contributed by atoms with Crippen LogP contribution in [0.15, 0.2) is 30.5 Å². The van der Waals surface area contributed by atoms with Crippen LogP contribution in [-0.2, 0) is 13.5 Å². The first-order valence-corrected chi connectivity index (χ1v) is 7.60. The Labute approximate surface area is 129 Å². The Morgan fingerprint density at radius 3 is 2.95 bits per heavy atom. The maximum atomic E-state index is 13.3. The molecule has 5 heteroatoms. The second kappa shape index (κ2) is 5.91. The van der Waals surface area contributed by atoms with Gasteiger partial charge in [0, 0.05) is 25.3 Å². The lowest BCUT2D eigenvalue weighted by Gasteiger charge is -2.24. The first-order valence-electron chi connectivity index (χ1n) is 7.60. The highest BCUT2D eigenvalue weighted by atomic mass is 19.1. The molecule has 1 aromatic heterocycles. The summed E-state index contributed by atoms with van der Waals surface area (Å²) in [6, 6.07) is 6.76. The van der Waals surface area contributed by atoms with Gasteiger partial charge in [0.05, 0.1) is 11.8 Å². The largest absolute Gasteiger partial charge is 0.335 e. The molecule has 4 nitrogen and oxygen atoms in total. The zero-order valence-corrected chi connectivity index (χ0v) is 12.9. The zero-order chi connectivity index (χ0) is 15.7. The third-order valence-electron chi connectivity index (χ3n) is 4.46. The maximum absolute atomic E-state index is 13.3. The molecular formula is C17H20FN3O. The molecule has 0 spiro atoms. The van der Waals surface area contributed by atoms with Gasteiger partial charge < -0.3 is 4.90 Å². The molecule has 3 rings (SSSR count). The van der Waals surface area contributed by atoms with Crippen LogP contribution in [0.3, 0.4) is 0 Å². The van der Waals surface area contributed by atoms with Crippen molar-refractivity contribution in [1.29, 1.82) is 0 Å².